The minimum Gasteiger partial charge on any atom is -0.383 e. The van der Waals surface area contributed by atoms with E-state index in [0.717, 1.165) is 25.1 Å². The fourth-order valence-corrected chi connectivity index (χ4v) is 3.95. The summed E-state index contributed by atoms with van der Waals surface area (Å²) >= 11 is 0. The number of rotatable bonds is 8. The summed E-state index contributed by atoms with van der Waals surface area (Å²) in [6.07, 6.45) is 1.92. The Bertz CT molecular complexity index is 1040. The number of carbonyl (C=O) groups excluding carboxylic acids is 1. The van der Waals surface area contributed by atoms with Crippen LogP contribution in [0.4, 0.5) is 17.2 Å². The minimum absolute atomic E-state index is 0.00686. The summed E-state index contributed by atoms with van der Waals surface area (Å²) in [6, 6.07) is 8.02. The van der Waals surface area contributed by atoms with Crippen LogP contribution < -0.4 is 26.8 Å². The third-order valence-corrected chi connectivity index (χ3v) is 5.38. The average Bonchev–Trinajstić information content (AvgIpc) is 2.73. The Morgan fingerprint density at radius 2 is 2.03 bits per heavy atom. The number of nitrogen functional groups attached to an aromatic ring is 1. The van der Waals surface area contributed by atoms with Crippen molar-refractivity contribution >= 4 is 23.1 Å². The lowest BCUT2D eigenvalue weighted by molar-refractivity contribution is -0.117. The van der Waals surface area contributed by atoms with Crippen LogP contribution in [0.5, 0.6) is 0 Å². The number of fused-ring (bicyclic) bond motifs is 1. The van der Waals surface area contributed by atoms with Gasteiger partial charge in [-0.3, -0.25) is 19.1 Å². The van der Waals surface area contributed by atoms with Gasteiger partial charge in [0.15, 0.2) is 5.69 Å². The number of H-pyrrole nitrogens is 1. The SMILES string of the molecule is COCCN(C(=O)CN1CCCc2ccccc21)c1c(N)n(CC(C)C)c(=O)[nH]c1=O. The summed E-state index contributed by atoms with van der Waals surface area (Å²) in [5.41, 5.74) is 7.22. The molecule has 0 spiro atoms. The number of ether oxygens (including phenoxy) is 1. The van der Waals surface area contributed by atoms with Gasteiger partial charge in [0.1, 0.15) is 5.82 Å². The van der Waals surface area contributed by atoms with E-state index in [4.69, 9.17) is 10.5 Å². The van der Waals surface area contributed by atoms with Gasteiger partial charge >= 0.3 is 5.69 Å². The van der Waals surface area contributed by atoms with Crippen molar-refractivity contribution in [3.05, 3.63) is 50.7 Å². The predicted octanol–water partition coefficient (Wildman–Crippen LogP) is 1.21. The number of para-hydroxylation sites is 1. The first-order valence-electron chi connectivity index (χ1n) is 10.6. The lowest BCUT2D eigenvalue weighted by atomic mass is 10.0. The summed E-state index contributed by atoms with van der Waals surface area (Å²) < 4.78 is 6.47. The number of methoxy groups -OCH3 is 1. The van der Waals surface area contributed by atoms with Gasteiger partial charge in [0.05, 0.1) is 13.2 Å². The third kappa shape index (κ3) is 4.99. The first-order chi connectivity index (χ1) is 14.8. The quantitative estimate of drug-likeness (QED) is 0.652. The Hall–Kier alpha value is -3.07. The van der Waals surface area contributed by atoms with E-state index in [1.165, 1.54) is 22.1 Å². The Kier molecular flexibility index (Phi) is 7.17. The number of aromatic amines is 1. The lowest BCUT2D eigenvalue weighted by Crippen LogP contribution is -2.47. The van der Waals surface area contributed by atoms with Gasteiger partial charge in [0.2, 0.25) is 5.91 Å². The highest BCUT2D eigenvalue weighted by Gasteiger charge is 2.27. The fourth-order valence-electron chi connectivity index (χ4n) is 3.95. The van der Waals surface area contributed by atoms with Crippen molar-refractivity contribution in [3.63, 3.8) is 0 Å². The molecule has 3 N–H and O–H groups in total. The molecule has 0 atom stereocenters. The number of nitrogens with one attached hydrogen (secondary N) is 1. The van der Waals surface area contributed by atoms with Crippen molar-refractivity contribution in [1.29, 1.82) is 0 Å². The van der Waals surface area contributed by atoms with Crippen molar-refractivity contribution < 1.29 is 9.53 Å². The van der Waals surface area contributed by atoms with Crippen molar-refractivity contribution in [3.8, 4) is 0 Å². The van der Waals surface area contributed by atoms with Crippen molar-refractivity contribution in [2.75, 3.05) is 48.9 Å². The maximum atomic E-state index is 13.4. The van der Waals surface area contributed by atoms with E-state index in [1.54, 1.807) is 0 Å². The smallest absolute Gasteiger partial charge is 0.330 e. The highest BCUT2D eigenvalue weighted by molar-refractivity contribution is 5.98. The van der Waals surface area contributed by atoms with E-state index >= 15 is 0 Å². The lowest BCUT2D eigenvalue weighted by Gasteiger charge is -2.33. The monoisotopic (exact) mass is 429 g/mol. The van der Waals surface area contributed by atoms with Gasteiger partial charge in [0.25, 0.3) is 5.56 Å². The predicted molar refractivity (Wildman–Crippen MR) is 122 cm³/mol. The topological polar surface area (TPSA) is 114 Å². The number of aryl methyl sites for hydroxylation is 1. The van der Waals surface area contributed by atoms with Gasteiger partial charge in [-0.2, -0.15) is 0 Å². The molecule has 1 aromatic carbocycles. The largest absolute Gasteiger partial charge is 0.383 e. The van der Waals surface area contributed by atoms with E-state index in [0.29, 0.717) is 6.54 Å². The molecule has 0 unspecified atom stereocenters. The van der Waals surface area contributed by atoms with Gasteiger partial charge in [0, 0.05) is 32.4 Å². The summed E-state index contributed by atoms with van der Waals surface area (Å²) in [5, 5.41) is 0. The number of nitrogens with two attached hydrogens (primary N) is 1. The van der Waals surface area contributed by atoms with E-state index in [9.17, 15) is 14.4 Å². The van der Waals surface area contributed by atoms with Crippen LogP contribution in [0.15, 0.2) is 33.9 Å². The zero-order valence-electron chi connectivity index (χ0n) is 18.4. The van der Waals surface area contributed by atoms with Crippen LogP contribution in [0.25, 0.3) is 0 Å². The fraction of sp³-hybridized carbons (Fsp3) is 0.500. The number of amides is 1. The van der Waals surface area contributed by atoms with Crippen LogP contribution in [0, 0.1) is 5.92 Å². The van der Waals surface area contributed by atoms with E-state index in [2.05, 4.69) is 11.1 Å². The normalized spacial score (nSPS) is 13.4. The molecule has 2 heterocycles. The Labute approximate surface area is 181 Å². The second kappa shape index (κ2) is 9.82. The van der Waals surface area contributed by atoms with Gasteiger partial charge < -0.3 is 20.3 Å². The number of hydrogen-bond donors (Lipinski definition) is 2. The van der Waals surface area contributed by atoms with E-state index in [-0.39, 0.29) is 43.0 Å². The molecular formula is C22H31N5O4. The number of benzene rings is 1. The molecule has 0 saturated heterocycles. The Balaban J connectivity index is 1.97. The molecule has 1 aromatic heterocycles. The van der Waals surface area contributed by atoms with Gasteiger partial charge in [-0.05, 0) is 30.4 Å². The highest BCUT2D eigenvalue weighted by Crippen LogP contribution is 2.27. The third-order valence-electron chi connectivity index (χ3n) is 5.38. The number of anilines is 3. The summed E-state index contributed by atoms with van der Waals surface area (Å²) in [6.45, 7) is 5.45. The summed E-state index contributed by atoms with van der Waals surface area (Å²) in [5.74, 6) is -0.154. The van der Waals surface area contributed by atoms with Crippen molar-refractivity contribution in [1.82, 2.24) is 9.55 Å². The van der Waals surface area contributed by atoms with Crippen LogP contribution in [-0.4, -0.2) is 48.8 Å². The molecule has 1 aliphatic rings. The van der Waals surface area contributed by atoms with E-state index < -0.39 is 11.2 Å². The summed E-state index contributed by atoms with van der Waals surface area (Å²) in [7, 11) is 1.52. The van der Waals surface area contributed by atoms with Crippen LogP contribution >= 0.6 is 0 Å². The molecule has 9 heteroatoms. The molecule has 0 fully saturated rings. The average molecular weight is 430 g/mol. The molecular weight excluding hydrogens is 398 g/mol. The minimum atomic E-state index is -0.675. The maximum absolute atomic E-state index is 13.4. The molecule has 1 aliphatic heterocycles. The molecule has 3 rings (SSSR count). The first-order valence-corrected chi connectivity index (χ1v) is 10.6. The second-order valence-corrected chi connectivity index (χ2v) is 8.19. The van der Waals surface area contributed by atoms with Crippen LogP contribution in [0.2, 0.25) is 0 Å². The molecule has 0 aliphatic carbocycles. The van der Waals surface area contributed by atoms with E-state index in [1.807, 2.05) is 36.9 Å². The molecule has 31 heavy (non-hydrogen) atoms. The maximum Gasteiger partial charge on any atom is 0.330 e. The zero-order chi connectivity index (χ0) is 22.5. The molecule has 168 valence electrons. The molecule has 0 bridgehead atoms. The Morgan fingerprint density at radius 1 is 1.29 bits per heavy atom. The van der Waals surface area contributed by atoms with Crippen LogP contribution in [0.1, 0.15) is 25.8 Å². The van der Waals surface area contributed by atoms with Crippen LogP contribution in [-0.2, 0) is 22.5 Å². The zero-order valence-corrected chi connectivity index (χ0v) is 18.4. The number of aromatic nitrogens is 2. The van der Waals surface area contributed by atoms with Gasteiger partial charge in [-0.1, -0.05) is 32.0 Å². The molecule has 2 aromatic rings. The molecule has 0 radical (unpaired) electrons. The summed E-state index contributed by atoms with van der Waals surface area (Å²) in [4.78, 5) is 44.1. The molecule has 9 nitrogen and oxygen atoms in total. The van der Waals surface area contributed by atoms with Gasteiger partial charge in [-0.15, -0.1) is 0 Å². The molecule has 0 saturated carbocycles. The van der Waals surface area contributed by atoms with Crippen molar-refractivity contribution in [2.45, 2.75) is 33.2 Å². The van der Waals surface area contributed by atoms with Crippen molar-refractivity contribution in [2.24, 2.45) is 5.92 Å². The van der Waals surface area contributed by atoms with Gasteiger partial charge in [-0.25, -0.2) is 4.79 Å². The first kappa shape index (κ1) is 22.6. The standard InChI is InChI=1S/C22H31N5O4/c1-15(2)13-27-20(23)19(21(29)24-22(27)30)26(11-12-31-3)18(28)14-25-10-6-8-16-7-4-5-9-17(16)25/h4-5,7,9,15H,6,8,10-14,23H2,1-3H3,(H,24,29,30). The second-order valence-electron chi connectivity index (χ2n) is 8.19. The number of carbonyl (C=O) groups is 1. The highest BCUT2D eigenvalue weighted by atomic mass is 16.5. The van der Waals surface area contributed by atoms with Crippen LogP contribution in [0.3, 0.4) is 0 Å². The Morgan fingerprint density at radius 3 is 2.74 bits per heavy atom. The number of hydrogen-bond acceptors (Lipinski definition) is 6. The molecule has 1 amide bonds. The number of nitrogens with zero attached hydrogens (tertiary/aromatic N) is 3.